The standard InChI is InChI=1S/C27H29Cl2NO5S/c1-2-21(15-36(33,34)22-10-11-22)30-25(17-6-8-19(28)9-7-17)23(18-4-3-5-20(29)12-18)13-27(26(30)32)14-24(31)35-16-27/h3-9,12,21-23,25H,2,10-11,13-16H2,1H3. The van der Waals surface area contributed by atoms with E-state index in [1.54, 1.807) is 23.1 Å². The number of hydrogen-bond donors (Lipinski definition) is 0. The Bertz CT molecular complexity index is 1280. The number of hydrogen-bond acceptors (Lipinski definition) is 5. The zero-order valence-corrected chi connectivity index (χ0v) is 22.4. The highest BCUT2D eigenvalue weighted by atomic mass is 35.5. The van der Waals surface area contributed by atoms with E-state index in [1.807, 2.05) is 37.3 Å². The van der Waals surface area contributed by atoms with Crippen LogP contribution in [0.5, 0.6) is 0 Å². The smallest absolute Gasteiger partial charge is 0.307 e. The van der Waals surface area contributed by atoms with Crippen molar-refractivity contribution in [3.63, 3.8) is 0 Å². The number of carbonyl (C=O) groups is 2. The molecule has 5 rings (SSSR count). The zero-order valence-electron chi connectivity index (χ0n) is 20.0. The van der Waals surface area contributed by atoms with E-state index >= 15 is 0 Å². The maximum absolute atomic E-state index is 14.3. The van der Waals surface area contributed by atoms with Gasteiger partial charge in [0.05, 0.1) is 28.9 Å². The Morgan fingerprint density at radius 1 is 1.06 bits per heavy atom. The van der Waals surface area contributed by atoms with Crippen LogP contribution < -0.4 is 0 Å². The lowest BCUT2D eigenvalue weighted by Gasteiger charge is -2.51. The van der Waals surface area contributed by atoms with Crippen molar-refractivity contribution in [2.24, 2.45) is 5.41 Å². The van der Waals surface area contributed by atoms with Crippen molar-refractivity contribution in [3.8, 4) is 0 Å². The third kappa shape index (κ3) is 4.77. The molecule has 2 saturated heterocycles. The lowest BCUT2D eigenvalue weighted by molar-refractivity contribution is -0.155. The van der Waals surface area contributed by atoms with Gasteiger partial charge in [-0.25, -0.2) is 8.42 Å². The quantitative estimate of drug-likeness (QED) is 0.435. The molecule has 1 amide bonds. The molecule has 2 heterocycles. The second-order valence-corrected chi connectivity index (χ2v) is 13.5. The van der Waals surface area contributed by atoms with E-state index in [0.717, 1.165) is 11.1 Å². The van der Waals surface area contributed by atoms with Crippen molar-refractivity contribution in [3.05, 3.63) is 69.7 Å². The van der Waals surface area contributed by atoms with E-state index < -0.39 is 33.3 Å². The van der Waals surface area contributed by atoms with E-state index in [-0.39, 0.29) is 35.9 Å². The Morgan fingerprint density at radius 3 is 2.36 bits per heavy atom. The molecule has 3 aliphatic rings. The molecule has 0 bridgehead atoms. The minimum atomic E-state index is -3.35. The fourth-order valence-electron chi connectivity index (χ4n) is 5.79. The largest absolute Gasteiger partial charge is 0.464 e. The summed E-state index contributed by atoms with van der Waals surface area (Å²) in [5.41, 5.74) is 0.752. The molecule has 2 aromatic carbocycles. The molecule has 1 saturated carbocycles. The first kappa shape index (κ1) is 25.6. The molecule has 0 radical (unpaired) electrons. The van der Waals surface area contributed by atoms with Gasteiger partial charge in [0.25, 0.3) is 0 Å². The van der Waals surface area contributed by atoms with Crippen LogP contribution in [0.1, 0.15) is 62.1 Å². The molecule has 1 spiro atoms. The maximum Gasteiger partial charge on any atom is 0.307 e. The number of amides is 1. The van der Waals surface area contributed by atoms with Crippen LogP contribution in [-0.2, 0) is 24.2 Å². The Morgan fingerprint density at radius 2 is 1.78 bits per heavy atom. The summed E-state index contributed by atoms with van der Waals surface area (Å²) < 4.78 is 31.6. The molecule has 4 unspecified atom stereocenters. The molecule has 192 valence electrons. The molecule has 3 fully saturated rings. The van der Waals surface area contributed by atoms with Gasteiger partial charge >= 0.3 is 5.97 Å². The van der Waals surface area contributed by atoms with Crippen LogP contribution in [0.25, 0.3) is 0 Å². The van der Waals surface area contributed by atoms with Crippen molar-refractivity contribution in [1.82, 2.24) is 4.90 Å². The first-order valence-electron chi connectivity index (χ1n) is 12.3. The molecular formula is C27H29Cl2NO5S. The molecule has 9 heteroatoms. The molecule has 6 nitrogen and oxygen atoms in total. The van der Waals surface area contributed by atoms with Crippen LogP contribution >= 0.6 is 23.2 Å². The molecule has 2 aliphatic heterocycles. The SMILES string of the molecule is CCC(CS(=O)(=O)C1CC1)N1C(=O)C2(COC(=O)C2)CC(c2cccc(Cl)c2)C1c1ccc(Cl)cc1. The molecule has 0 N–H and O–H groups in total. The molecule has 36 heavy (non-hydrogen) atoms. The molecule has 0 aromatic heterocycles. The lowest BCUT2D eigenvalue weighted by Crippen LogP contribution is -2.58. The van der Waals surface area contributed by atoms with Crippen molar-refractivity contribution in [2.75, 3.05) is 12.4 Å². The lowest BCUT2D eigenvalue weighted by atomic mass is 9.67. The average Bonchev–Trinajstić information content (AvgIpc) is 3.64. The molecular weight excluding hydrogens is 521 g/mol. The predicted octanol–water partition coefficient (Wildman–Crippen LogP) is 5.34. The van der Waals surface area contributed by atoms with Crippen LogP contribution in [-0.4, -0.2) is 48.8 Å². The summed E-state index contributed by atoms with van der Waals surface area (Å²) in [4.78, 5) is 28.4. The summed E-state index contributed by atoms with van der Waals surface area (Å²) in [7, 11) is -3.35. The van der Waals surface area contributed by atoms with Gasteiger partial charge in [-0.3, -0.25) is 9.59 Å². The first-order chi connectivity index (χ1) is 17.1. The fourth-order valence-corrected chi connectivity index (χ4v) is 8.17. The van der Waals surface area contributed by atoms with Gasteiger partial charge in [-0.05, 0) is 61.1 Å². The van der Waals surface area contributed by atoms with Gasteiger partial charge in [0.1, 0.15) is 6.61 Å². The number of benzene rings is 2. The highest BCUT2D eigenvalue weighted by Crippen LogP contribution is 2.54. The molecule has 4 atom stereocenters. The highest BCUT2D eigenvalue weighted by molar-refractivity contribution is 7.92. The number of sulfone groups is 1. The highest BCUT2D eigenvalue weighted by Gasteiger charge is 2.58. The number of esters is 1. The number of carbonyl (C=O) groups excluding carboxylic acids is 2. The fraction of sp³-hybridized carbons (Fsp3) is 0.481. The Kier molecular flexibility index (Phi) is 6.85. The summed E-state index contributed by atoms with van der Waals surface area (Å²) in [6, 6.07) is 13.9. The summed E-state index contributed by atoms with van der Waals surface area (Å²) in [5, 5.41) is 0.817. The minimum absolute atomic E-state index is 0.00260. The van der Waals surface area contributed by atoms with E-state index in [4.69, 9.17) is 27.9 Å². The monoisotopic (exact) mass is 549 g/mol. The van der Waals surface area contributed by atoms with E-state index in [2.05, 4.69) is 0 Å². The van der Waals surface area contributed by atoms with Gasteiger partial charge in [-0.2, -0.15) is 0 Å². The van der Waals surface area contributed by atoms with Gasteiger partial charge in [-0.1, -0.05) is 54.4 Å². The third-order valence-electron chi connectivity index (χ3n) is 7.78. The van der Waals surface area contributed by atoms with Gasteiger partial charge < -0.3 is 9.64 Å². The number of ether oxygens (including phenoxy) is 1. The Hall–Kier alpha value is -2.09. The van der Waals surface area contributed by atoms with Crippen LogP contribution in [0.3, 0.4) is 0 Å². The van der Waals surface area contributed by atoms with Gasteiger partial charge in [-0.15, -0.1) is 0 Å². The summed E-state index contributed by atoms with van der Waals surface area (Å²) >= 11 is 12.6. The number of cyclic esters (lactones) is 1. The summed E-state index contributed by atoms with van der Waals surface area (Å²) in [6.45, 7) is 1.91. The minimum Gasteiger partial charge on any atom is -0.464 e. The normalized spacial score (nSPS) is 27.4. The van der Waals surface area contributed by atoms with E-state index in [9.17, 15) is 18.0 Å². The molecule has 1 aliphatic carbocycles. The summed E-state index contributed by atoms with van der Waals surface area (Å²) in [6.07, 6.45) is 2.19. The van der Waals surface area contributed by atoms with Gasteiger partial charge in [0.15, 0.2) is 9.84 Å². The van der Waals surface area contributed by atoms with Crippen LogP contribution in [0.15, 0.2) is 48.5 Å². The summed E-state index contributed by atoms with van der Waals surface area (Å²) in [5.74, 6) is -0.951. The van der Waals surface area contributed by atoms with Crippen LogP contribution in [0, 0.1) is 5.41 Å². The average molecular weight is 551 g/mol. The number of nitrogens with zero attached hydrogens (tertiary/aromatic N) is 1. The second-order valence-electron chi connectivity index (χ2n) is 10.3. The topological polar surface area (TPSA) is 80.8 Å². The van der Waals surface area contributed by atoms with Crippen molar-refractivity contribution in [1.29, 1.82) is 0 Å². The van der Waals surface area contributed by atoms with E-state index in [1.165, 1.54) is 0 Å². The van der Waals surface area contributed by atoms with Crippen molar-refractivity contribution < 1.29 is 22.7 Å². The van der Waals surface area contributed by atoms with Crippen LogP contribution in [0.2, 0.25) is 10.0 Å². The number of piperidine rings is 1. The number of likely N-dealkylation sites (tertiary alicyclic amines) is 1. The van der Waals surface area contributed by atoms with Crippen molar-refractivity contribution in [2.45, 2.75) is 62.3 Å². The van der Waals surface area contributed by atoms with Crippen LogP contribution in [0.4, 0.5) is 0 Å². The Balaban J connectivity index is 1.67. The number of halogens is 2. The first-order valence-corrected chi connectivity index (χ1v) is 14.8. The van der Waals surface area contributed by atoms with Crippen molar-refractivity contribution >= 4 is 44.9 Å². The zero-order chi connectivity index (χ0) is 25.7. The van der Waals surface area contributed by atoms with Gasteiger partial charge in [0, 0.05) is 22.0 Å². The van der Waals surface area contributed by atoms with E-state index in [0.29, 0.717) is 35.7 Å². The van der Waals surface area contributed by atoms with Gasteiger partial charge in [0.2, 0.25) is 5.91 Å². The Labute approximate surface area is 221 Å². The maximum atomic E-state index is 14.3. The third-order valence-corrected chi connectivity index (χ3v) is 10.6. The number of rotatable bonds is 7. The molecule has 2 aromatic rings. The predicted molar refractivity (Wildman–Crippen MR) is 139 cm³/mol. The second kappa shape index (κ2) is 9.66.